The molecule has 4 fully saturated rings. The van der Waals surface area contributed by atoms with Crippen molar-refractivity contribution in [2.45, 2.75) is 117 Å². The standard InChI is InChI=1S/C33H51N3O5/c1-23(35-41-31(39)36(21-40-22-37)19-15-25-9-4-5-18-34-25)28-12-13-30-27-10-6-8-24-20-26(38)14-17-32(24,2)29(27)11-7-16-33(28,30)3/h20,22,25,27-30,34H,4-19,21H2,1-3H3/b35-23+/t25?,27-,28-,29+,30+,32+,33-/m1/s1. The third-order valence-corrected chi connectivity index (χ3v) is 11.9. The van der Waals surface area contributed by atoms with Crippen LogP contribution in [0.5, 0.6) is 0 Å². The lowest BCUT2D eigenvalue weighted by Gasteiger charge is -2.46. The first-order chi connectivity index (χ1) is 19.8. The van der Waals surface area contributed by atoms with Gasteiger partial charge in [-0.25, -0.2) is 4.79 Å². The Labute approximate surface area is 246 Å². The number of hydrogen-bond donors (Lipinski definition) is 1. The lowest BCUT2D eigenvalue weighted by molar-refractivity contribution is -0.132. The van der Waals surface area contributed by atoms with E-state index in [1.165, 1.54) is 55.4 Å². The van der Waals surface area contributed by atoms with Crippen LogP contribution in [0, 0.1) is 34.5 Å². The Morgan fingerprint density at radius 2 is 1.93 bits per heavy atom. The van der Waals surface area contributed by atoms with Crippen molar-refractivity contribution < 1.29 is 24.0 Å². The molecular weight excluding hydrogens is 518 g/mol. The number of nitrogens with zero attached hydrogens (tertiary/aromatic N) is 2. The minimum Gasteiger partial charge on any atom is -0.446 e. The zero-order valence-electron chi connectivity index (χ0n) is 25.5. The molecule has 0 aromatic heterocycles. The minimum atomic E-state index is -0.564. The highest BCUT2D eigenvalue weighted by Gasteiger charge is 2.56. The van der Waals surface area contributed by atoms with Crippen molar-refractivity contribution >= 4 is 24.1 Å². The molecule has 5 aliphatic rings. The van der Waals surface area contributed by atoms with Crippen LogP contribution in [0.4, 0.5) is 4.79 Å². The lowest BCUT2D eigenvalue weighted by atomic mass is 9.58. The number of carbonyl (C=O) groups is 3. The molecule has 3 saturated carbocycles. The summed E-state index contributed by atoms with van der Waals surface area (Å²) < 4.78 is 4.93. The van der Waals surface area contributed by atoms with Gasteiger partial charge in [-0.15, -0.1) is 0 Å². The Morgan fingerprint density at radius 1 is 1.07 bits per heavy atom. The van der Waals surface area contributed by atoms with Gasteiger partial charge < -0.3 is 10.1 Å². The quantitative estimate of drug-likeness (QED) is 0.120. The van der Waals surface area contributed by atoms with Gasteiger partial charge in [-0.2, -0.15) is 0 Å². The maximum absolute atomic E-state index is 13.0. The van der Waals surface area contributed by atoms with E-state index in [4.69, 9.17) is 9.57 Å². The summed E-state index contributed by atoms with van der Waals surface area (Å²) in [6.07, 6.45) is 16.7. The highest BCUT2D eigenvalue weighted by Crippen LogP contribution is 2.64. The first kappa shape index (κ1) is 30.2. The number of hydrogen-bond acceptors (Lipinski definition) is 7. The van der Waals surface area contributed by atoms with E-state index in [1.54, 1.807) is 0 Å². The number of piperidine rings is 1. The van der Waals surface area contributed by atoms with Crippen molar-refractivity contribution in [1.29, 1.82) is 0 Å². The van der Waals surface area contributed by atoms with Crippen LogP contribution in [0.25, 0.3) is 0 Å². The molecule has 1 unspecified atom stereocenters. The molecule has 0 bridgehead atoms. The molecule has 1 N–H and O–H groups in total. The summed E-state index contributed by atoms with van der Waals surface area (Å²) in [5, 5.41) is 7.93. The highest BCUT2D eigenvalue weighted by molar-refractivity contribution is 5.91. The highest BCUT2D eigenvalue weighted by atomic mass is 16.7. The van der Waals surface area contributed by atoms with Crippen LogP contribution in [0.1, 0.15) is 111 Å². The number of allylic oxidation sites excluding steroid dienone is 2. The molecule has 0 radical (unpaired) electrons. The van der Waals surface area contributed by atoms with E-state index in [0.717, 1.165) is 50.8 Å². The van der Waals surface area contributed by atoms with Gasteiger partial charge in [-0.05, 0) is 119 Å². The normalized spacial score (nSPS) is 37.4. The molecule has 228 valence electrons. The summed E-state index contributed by atoms with van der Waals surface area (Å²) in [5.41, 5.74) is 2.60. The zero-order valence-corrected chi connectivity index (χ0v) is 25.5. The van der Waals surface area contributed by atoms with Crippen LogP contribution >= 0.6 is 0 Å². The minimum absolute atomic E-state index is 0.126. The van der Waals surface area contributed by atoms with Crippen molar-refractivity contribution in [3.05, 3.63) is 11.6 Å². The predicted molar refractivity (Wildman–Crippen MR) is 158 cm³/mol. The molecule has 8 heteroatoms. The molecule has 1 saturated heterocycles. The number of ketones is 1. The van der Waals surface area contributed by atoms with Crippen LogP contribution in [-0.2, 0) is 19.2 Å². The Balaban J connectivity index is 1.27. The molecule has 5 rings (SSSR count). The smallest absolute Gasteiger partial charge is 0.438 e. The molecule has 0 aromatic carbocycles. The second kappa shape index (κ2) is 13.0. The molecule has 7 atom stereocenters. The van der Waals surface area contributed by atoms with Gasteiger partial charge in [0.2, 0.25) is 0 Å². The van der Waals surface area contributed by atoms with Crippen molar-refractivity contribution in [2.75, 3.05) is 19.8 Å². The number of carbonyl (C=O) groups excluding carboxylic acids is 3. The van der Waals surface area contributed by atoms with Crippen molar-refractivity contribution in [3.8, 4) is 0 Å². The van der Waals surface area contributed by atoms with Crippen LogP contribution < -0.4 is 5.32 Å². The first-order valence-corrected chi connectivity index (χ1v) is 16.3. The Bertz CT molecular complexity index is 1040. The topological polar surface area (TPSA) is 97.3 Å². The van der Waals surface area contributed by atoms with Gasteiger partial charge in [0.1, 0.15) is 0 Å². The molecule has 0 aromatic rings. The van der Waals surface area contributed by atoms with Crippen molar-refractivity contribution in [1.82, 2.24) is 10.2 Å². The van der Waals surface area contributed by atoms with E-state index < -0.39 is 6.09 Å². The van der Waals surface area contributed by atoms with Crippen molar-refractivity contribution in [2.24, 2.45) is 39.7 Å². The second-order valence-electron chi connectivity index (χ2n) is 14.0. The van der Waals surface area contributed by atoms with E-state index in [9.17, 15) is 14.4 Å². The maximum Gasteiger partial charge on any atom is 0.438 e. The van der Waals surface area contributed by atoms with Crippen LogP contribution in [0.15, 0.2) is 16.8 Å². The third-order valence-electron chi connectivity index (χ3n) is 11.9. The fourth-order valence-corrected chi connectivity index (χ4v) is 9.73. The summed E-state index contributed by atoms with van der Waals surface area (Å²) >= 11 is 0. The molecule has 1 amide bonds. The van der Waals surface area contributed by atoms with Gasteiger partial charge in [0.05, 0.1) is 5.71 Å². The van der Waals surface area contributed by atoms with Crippen LogP contribution in [-0.4, -0.2) is 54.8 Å². The average molecular weight is 570 g/mol. The predicted octanol–water partition coefficient (Wildman–Crippen LogP) is 6.39. The van der Waals surface area contributed by atoms with Crippen molar-refractivity contribution in [3.63, 3.8) is 0 Å². The van der Waals surface area contributed by atoms with Gasteiger partial charge in [0, 0.05) is 24.9 Å². The molecule has 41 heavy (non-hydrogen) atoms. The van der Waals surface area contributed by atoms with Gasteiger partial charge in [0.25, 0.3) is 6.47 Å². The molecule has 8 nitrogen and oxygen atoms in total. The molecular formula is C33H51N3O5. The maximum atomic E-state index is 13.0. The van der Waals surface area contributed by atoms with E-state index in [0.29, 0.717) is 49.0 Å². The van der Waals surface area contributed by atoms with Gasteiger partial charge in [-0.3, -0.25) is 19.3 Å². The Kier molecular flexibility index (Phi) is 9.57. The number of oxime groups is 1. The molecule has 1 heterocycles. The number of amides is 1. The number of ether oxygens (including phenoxy) is 1. The summed E-state index contributed by atoms with van der Waals surface area (Å²) in [6, 6.07) is 0.363. The van der Waals surface area contributed by atoms with Crippen LogP contribution in [0.3, 0.4) is 0 Å². The lowest BCUT2D eigenvalue weighted by Crippen LogP contribution is -2.41. The van der Waals surface area contributed by atoms with E-state index in [2.05, 4.69) is 24.3 Å². The van der Waals surface area contributed by atoms with E-state index >= 15 is 0 Å². The number of nitrogens with one attached hydrogen (secondary N) is 1. The summed E-state index contributed by atoms with van der Waals surface area (Å²) in [6.45, 7) is 8.64. The zero-order chi connectivity index (χ0) is 29.0. The summed E-state index contributed by atoms with van der Waals surface area (Å²) in [5.74, 6) is 2.52. The fourth-order valence-electron chi connectivity index (χ4n) is 9.73. The molecule has 4 aliphatic carbocycles. The van der Waals surface area contributed by atoms with Crippen LogP contribution in [0.2, 0.25) is 0 Å². The summed E-state index contributed by atoms with van der Waals surface area (Å²) in [7, 11) is 0. The van der Waals surface area contributed by atoms with Gasteiger partial charge in [0.15, 0.2) is 12.5 Å². The monoisotopic (exact) mass is 569 g/mol. The fraction of sp³-hybridized carbons (Fsp3) is 0.818. The number of rotatable bonds is 8. The SMILES string of the molecule is C/C(=N\OC(=O)N(CCC1CCCCN1)COC=O)[C@H]1CC[C@H]2[C@@H]3CCCC4=CC(=O)CC[C@]4(C)[C@H]3CCC[C@]12C. The molecule has 0 spiro atoms. The summed E-state index contributed by atoms with van der Waals surface area (Å²) in [4.78, 5) is 43.1. The molecule has 1 aliphatic heterocycles. The third kappa shape index (κ3) is 6.28. The second-order valence-corrected chi connectivity index (χ2v) is 14.0. The number of fused-ring (bicyclic) bond motifs is 5. The Hall–Kier alpha value is -2.22. The van der Waals surface area contributed by atoms with Gasteiger partial charge in [-0.1, -0.05) is 37.4 Å². The Morgan fingerprint density at radius 3 is 2.71 bits per heavy atom. The largest absolute Gasteiger partial charge is 0.446 e. The van der Waals surface area contributed by atoms with Gasteiger partial charge >= 0.3 is 6.09 Å². The van der Waals surface area contributed by atoms with E-state index in [1.807, 2.05) is 13.0 Å². The first-order valence-electron chi connectivity index (χ1n) is 16.3. The average Bonchev–Trinajstić information content (AvgIpc) is 3.14. The van der Waals surface area contributed by atoms with E-state index in [-0.39, 0.29) is 23.5 Å².